The molecule has 0 bridgehead atoms. The number of imide groups is 1. The first-order valence-electron chi connectivity index (χ1n) is 12.4. The van der Waals surface area contributed by atoms with Gasteiger partial charge in [-0.15, -0.1) is 0 Å². The van der Waals surface area contributed by atoms with Crippen LogP contribution in [0.3, 0.4) is 0 Å². The molecule has 2 aliphatic rings. The minimum absolute atomic E-state index is 0.0621. The van der Waals surface area contributed by atoms with Gasteiger partial charge in [-0.05, 0) is 79.4 Å². The standard InChI is InChI=1S/C28H30N2O7S/c1-18(27(33)36-3)30-26(32)24(38-28(30)34)16-20-9-12-22(23(15-20)35-2)37-17-19-7-10-21(11-8-19)25(31)29-13-5-4-6-14-29/h7-12,15-16,18H,4-6,13-14,17H2,1-3H3/b24-16+/t18-/m1/s1. The van der Waals surface area contributed by atoms with Crippen molar-refractivity contribution in [2.45, 2.75) is 38.8 Å². The summed E-state index contributed by atoms with van der Waals surface area (Å²) in [5.41, 5.74) is 2.20. The Balaban J connectivity index is 1.41. The quantitative estimate of drug-likeness (QED) is 0.358. The highest BCUT2D eigenvalue weighted by Gasteiger charge is 2.41. The van der Waals surface area contributed by atoms with Crippen molar-refractivity contribution in [3.8, 4) is 11.5 Å². The van der Waals surface area contributed by atoms with Crippen LogP contribution in [0.4, 0.5) is 4.79 Å². The van der Waals surface area contributed by atoms with Gasteiger partial charge in [-0.25, -0.2) is 4.79 Å². The predicted molar refractivity (Wildman–Crippen MR) is 143 cm³/mol. The van der Waals surface area contributed by atoms with Crippen LogP contribution in [-0.4, -0.2) is 66.2 Å². The molecule has 0 aliphatic carbocycles. The maximum atomic E-state index is 12.7. The fraction of sp³-hybridized carbons (Fsp3) is 0.357. The van der Waals surface area contributed by atoms with E-state index in [0.717, 1.165) is 48.2 Å². The van der Waals surface area contributed by atoms with Crippen molar-refractivity contribution < 1.29 is 33.4 Å². The second-order valence-electron chi connectivity index (χ2n) is 9.00. The Hall–Kier alpha value is -3.79. The molecule has 0 spiro atoms. The van der Waals surface area contributed by atoms with Crippen LogP contribution in [0.15, 0.2) is 47.4 Å². The number of amides is 3. The minimum atomic E-state index is -1.01. The van der Waals surface area contributed by atoms with Crippen LogP contribution in [0.5, 0.6) is 11.5 Å². The molecule has 2 aromatic rings. The number of likely N-dealkylation sites (tertiary alicyclic amines) is 1. The number of ether oxygens (including phenoxy) is 3. The molecule has 0 aromatic heterocycles. The number of hydrogen-bond acceptors (Lipinski definition) is 8. The maximum absolute atomic E-state index is 12.7. The van der Waals surface area contributed by atoms with Gasteiger partial charge in [-0.1, -0.05) is 18.2 Å². The number of hydrogen-bond donors (Lipinski definition) is 0. The van der Waals surface area contributed by atoms with E-state index >= 15 is 0 Å². The molecule has 2 aromatic carbocycles. The van der Waals surface area contributed by atoms with Gasteiger partial charge in [0.1, 0.15) is 12.6 Å². The normalized spacial score (nSPS) is 17.5. The lowest BCUT2D eigenvalue weighted by Gasteiger charge is -2.26. The first kappa shape index (κ1) is 27.3. The third kappa shape index (κ3) is 6.02. The van der Waals surface area contributed by atoms with Gasteiger partial charge in [-0.2, -0.15) is 0 Å². The topological polar surface area (TPSA) is 102 Å². The number of nitrogens with zero attached hydrogens (tertiary/aromatic N) is 2. The van der Waals surface area contributed by atoms with E-state index in [9.17, 15) is 19.2 Å². The van der Waals surface area contributed by atoms with E-state index in [1.807, 2.05) is 29.2 Å². The van der Waals surface area contributed by atoms with E-state index in [2.05, 4.69) is 4.74 Å². The Kier molecular flexibility index (Phi) is 8.73. The molecule has 38 heavy (non-hydrogen) atoms. The molecular weight excluding hydrogens is 508 g/mol. The smallest absolute Gasteiger partial charge is 0.328 e. The lowest BCUT2D eigenvalue weighted by atomic mass is 10.1. The highest BCUT2D eigenvalue weighted by molar-refractivity contribution is 8.18. The summed E-state index contributed by atoms with van der Waals surface area (Å²) in [6.07, 6.45) is 4.85. The first-order chi connectivity index (χ1) is 18.3. The Bertz CT molecular complexity index is 1250. The maximum Gasteiger partial charge on any atom is 0.328 e. The molecule has 200 valence electrons. The molecular formula is C28H30N2O7S. The SMILES string of the molecule is COC(=O)[C@@H](C)N1C(=O)S/C(=C/c2ccc(OCc3ccc(C(=O)N4CCCCC4)cc3)c(OC)c2)C1=O. The van der Waals surface area contributed by atoms with E-state index in [1.54, 1.807) is 24.3 Å². The van der Waals surface area contributed by atoms with Crippen molar-refractivity contribution in [1.82, 2.24) is 9.80 Å². The number of esters is 1. The zero-order valence-corrected chi connectivity index (χ0v) is 22.4. The van der Waals surface area contributed by atoms with Crippen molar-refractivity contribution in [3.63, 3.8) is 0 Å². The van der Waals surface area contributed by atoms with Gasteiger partial charge >= 0.3 is 5.97 Å². The molecule has 2 saturated heterocycles. The monoisotopic (exact) mass is 538 g/mol. The van der Waals surface area contributed by atoms with Crippen LogP contribution < -0.4 is 9.47 Å². The van der Waals surface area contributed by atoms with Gasteiger partial charge in [0.25, 0.3) is 17.1 Å². The van der Waals surface area contributed by atoms with Crippen LogP contribution in [-0.2, 0) is 20.9 Å². The summed E-state index contributed by atoms with van der Waals surface area (Å²) in [7, 11) is 2.72. The van der Waals surface area contributed by atoms with E-state index in [1.165, 1.54) is 27.6 Å². The summed E-state index contributed by atoms with van der Waals surface area (Å²) in [6.45, 7) is 3.34. The highest BCUT2D eigenvalue weighted by Crippen LogP contribution is 2.36. The molecule has 1 atom stereocenters. The fourth-order valence-electron chi connectivity index (χ4n) is 4.32. The summed E-state index contributed by atoms with van der Waals surface area (Å²) in [5.74, 6) is -0.199. The van der Waals surface area contributed by atoms with Gasteiger partial charge in [-0.3, -0.25) is 19.3 Å². The van der Waals surface area contributed by atoms with Crippen molar-refractivity contribution in [2.24, 2.45) is 0 Å². The highest BCUT2D eigenvalue weighted by atomic mass is 32.2. The number of rotatable bonds is 8. The van der Waals surface area contributed by atoms with E-state index in [4.69, 9.17) is 9.47 Å². The third-order valence-electron chi connectivity index (χ3n) is 6.48. The molecule has 4 rings (SSSR count). The zero-order chi connectivity index (χ0) is 27.2. The molecule has 0 saturated carbocycles. The van der Waals surface area contributed by atoms with Crippen LogP contribution in [0.2, 0.25) is 0 Å². The van der Waals surface area contributed by atoms with Gasteiger partial charge < -0.3 is 19.1 Å². The molecule has 0 unspecified atom stereocenters. The van der Waals surface area contributed by atoms with Crippen molar-refractivity contribution in [2.75, 3.05) is 27.3 Å². The van der Waals surface area contributed by atoms with Crippen molar-refractivity contribution >= 4 is 40.9 Å². The Morgan fingerprint density at radius 3 is 2.37 bits per heavy atom. The van der Waals surface area contributed by atoms with Crippen molar-refractivity contribution in [3.05, 3.63) is 64.1 Å². The molecule has 0 radical (unpaired) electrons. The Labute approximate surface area is 225 Å². The van der Waals surface area contributed by atoms with E-state index in [0.29, 0.717) is 22.6 Å². The number of piperidine rings is 1. The lowest BCUT2D eigenvalue weighted by molar-refractivity contribution is -0.148. The minimum Gasteiger partial charge on any atom is -0.493 e. The summed E-state index contributed by atoms with van der Waals surface area (Å²) in [6, 6.07) is 11.6. The predicted octanol–water partition coefficient (Wildman–Crippen LogP) is 4.50. The van der Waals surface area contributed by atoms with Gasteiger partial charge in [0.15, 0.2) is 11.5 Å². The molecule has 0 N–H and O–H groups in total. The second kappa shape index (κ2) is 12.2. The first-order valence-corrected chi connectivity index (χ1v) is 13.2. The van der Waals surface area contributed by atoms with Crippen molar-refractivity contribution in [1.29, 1.82) is 0 Å². The van der Waals surface area contributed by atoms with Crippen LogP contribution in [0.1, 0.15) is 47.7 Å². The lowest BCUT2D eigenvalue weighted by Crippen LogP contribution is -2.42. The number of methoxy groups -OCH3 is 2. The molecule has 2 heterocycles. The van der Waals surface area contributed by atoms with Crippen LogP contribution in [0, 0.1) is 0 Å². The van der Waals surface area contributed by atoms with Crippen LogP contribution >= 0.6 is 11.8 Å². The molecule has 3 amide bonds. The summed E-state index contributed by atoms with van der Waals surface area (Å²) in [4.78, 5) is 52.6. The zero-order valence-electron chi connectivity index (χ0n) is 21.6. The summed E-state index contributed by atoms with van der Waals surface area (Å²) < 4.78 is 16.1. The largest absolute Gasteiger partial charge is 0.493 e. The fourth-order valence-corrected chi connectivity index (χ4v) is 5.23. The average molecular weight is 539 g/mol. The van der Waals surface area contributed by atoms with Crippen LogP contribution in [0.25, 0.3) is 6.08 Å². The van der Waals surface area contributed by atoms with Gasteiger partial charge in [0, 0.05) is 18.7 Å². The number of benzene rings is 2. The van der Waals surface area contributed by atoms with Gasteiger partial charge in [0.05, 0.1) is 19.1 Å². The Morgan fingerprint density at radius 1 is 1.00 bits per heavy atom. The molecule has 2 fully saturated rings. The number of carbonyl (C=O) groups excluding carboxylic acids is 4. The average Bonchev–Trinajstić information content (AvgIpc) is 3.23. The number of thioether (sulfide) groups is 1. The Morgan fingerprint density at radius 2 is 1.71 bits per heavy atom. The third-order valence-corrected chi connectivity index (χ3v) is 7.36. The summed E-state index contributed by atoms with van der Waals surface area (Å²) >= 11 is 0.762. The second-order valence-corrected chi connectivity index (χ2v) is 9.99. The molecule has 9 nitrogen and oxygen atoms in total. The number of carbonyl (C=O) groups is 4. The van der Waals surface area contributed by atoms with E-state index in [-0.39, 0.29) is 17.4 Å². The molecule has 2 aliphatic heterocycles. The van der Waals surface area contributed by atoms with Gasteiger partial charge in [0.2, 0.25) is 0 Å². The molecule has 10 heteroatoms. The van der Waals surface area contributed by atoms with E-state index < -0.39 is 23.2 Å². The summed E-state index contributed by atoms with van der Waals surface area (Å²) in [5, 5.41) is -0.533.